The molecule has 2 heterocycles. The van der Waals surface area contributed by atoms with Crippen molar-refractivity contribution in [2.75, 3.05) is 11.6 Å². The van der Waals surface area contributed by atoms with E-state index in [1.54, 1.807) is 6.20 Å². The number of para-hydroxylation sites is 1. The van der Waals surface area contributed by atoms with Crippen LogP contribution in [0.3, 0.4) is 0 Å². The molecule has 5 nitrogen and oxygen atoms in total. The van der Waals surface area contributed by atoms with Crippen LogP contribution in [0.5, 0.6) is 0 Å². The number of aromatic nitrogens is 3. The third kappa shape index (κ3) is 2.65. The number of rotatable bonds is 3. The van der Waals surface area contributed by atoms with Crippen LogP contribution in [0.2, 0.25) is 0 Å². The van der Waals surface area contributed by atoms with Gasteiger partial charge in [-0.1, -0.05) is 30.0 Å². The summed E-state index contributed by atoms with van der Waals surface area (Å²) in [6, 6.07) is 11.3. The van der Waals surface area contributed by atoms with Crippen molar-refractivity contribution in [1.29, 1.82) is 0 Å². The van der Waals surface area contributed by atoms with E-state index in [-0.39, 0.29) is 5.56 Å². The van der Waals surface area contributed by atoms with Crippen molar-refractivity contribution >= 4 is 34.2 Å². The molecule has 0 spiro atoms. The number of H-pyrrole nitrogens is 1. The maximum absolute atomic E-state index is 11.5. The smallest absolute Gasteiger partial charge is 0.253 e. The molecule has 0 unspecified atom stereocenters. The van der Waals surface area contributed by atoms with Crippen molar-refractivity contribution in [3.63, 3.8) is 0 Å². The van der Waals surface area contributed by atoms with E-state index in [0.717, 1.165) is 16.6 Å². The Bertz CT molecular complexity index is 815. The lowest BCUT2D eigenvalue weighted by Gasteiger charge is -2.07. The molecule has 0 aliphatic carbocycles. The highest BCUT2D eigenvalue weighted by Gasteiger charge is 2.02. The van der Waals surface area contributed by atoms with Crippen LogP contribution in [-0.4, -0.2) is 21.2 Å². The lowest BCUT2D eigenvalue weighted by Crippen LogP contribution is -2.09. The number of anilines is 2. The first-order valence-corrected chi connectivity index (χ1v) is 7.24. The third-order valence-corrected chi connectivity index (χ3v) is 3.36. The summed E-state index contributed by atoms with van der Waals surface area (Å²) in [5, 5.41) is 4.72. The van der Waals surface area contributed by atoms with E-state index >= 15 is 0 Å². The summed E-state index contributed by atoms with van der Waals surface area (Å²) in [6.45, 7) is 0. The minimum absolute atomic E-state index is 0.180. The number of benzene rings is 1. The fourth-order valence-corrected chi connectivity index (χ4v) is 2.28. The number of nitrogens with one attached hydrogen (secondary N) is 2. The molecule has 20 heavy (non-hydrogen) atoms. The van der Waals surface area contributed by atoms with Gasteiger partial charge in [-0.3, -0.25) is 9.78 Å². The molecular formula is C14H12N4OS. The maximum atomic E-state index is 11.5. The summed E-state index contributed by atoms with van der Waals surface area (Å²) < 4.78 is 0. The quantitative estimate of drug-likeness (QED) is 0.571. The van der Waals surface area contributed by atoms with Crippen molar-refractivity contribution < 1.29 is 0 Å². The fraction of sp³-hybridized carbons (Fsp3) is 0.0714. The van der Waals surface area contributed by atoms with Crippen LogP contribution in [0.4, 0.5) is 11.5 Å². The Kier molecular flexibility index (Phi) is 3.39. The van der Waals surface area contributed by atoms with Crippen molar-refractivity contribution in [2.45, 2.75) is 5.16 Å². The van der Waals surface area contributed by atoms with Crippen LogP contribution in [0.25, 0.3) is 10.9 Å². The lowest BCUT2D eigenvalue weighted by molar-refractivity contribution is 0.945. The summed E-state index contributed by atoms with van der Waals surface area (Å²) in [6.07, 6.45) is 3.59. The number of aromatic amines is 1. The van der Waals surface area contributed by atoms with E-state index in [1.165, 1.54) is 17.8 Å². The molecule has 0 bridgehead atoms. The minimum Gasteiger partial charge on any atom is -0.339 e. The zero-order chi connectivity index (χ0) is 13.9. The van der Waals surface area contributed by atoms with Gasteiger partial charge in [0, 0.05) is 11.5 Å². The van der Waals surface area contributed by atoms with Gasteiger partial charge in [0.15, 0.2) is 5.16 Å². The maximum Gasteiger partial charge on any atom is 0.253 e. The molecule has 0 aliphatic rings. The average molecular weight is 284 g/mol. The second-order valence-corrected chi connectivity index (χ2v) is 4.98. The van der Waals surface area contributed by atoms with Gasteiger partial charge in [0.25, 0.3) is 5.56 Å². The highest BCUT2D eigenvalue weighted by atomic mass is 32.2. The largest absolute Gasteiger partial charge is 0.339 e. The van der Waals surface area contributed by atoms with E-state index in [0.29, 0.717) is 11.0 Å². The predicted molar refractivity (Wildman–Crippen MR) is 81.7 cm³/mol. The molecule has 2 aromatic heterocycles. The molecule has 0 amide bonds. The number of thioether (sulfide) groups is 1. The summed E-state index contributed by atoms with van der Waals surface area (Å²) >= 11 is 1.39. The molecular weight excluding hydrogens is 272 g/mol. The lowest BCUT2D eigenvalue weighted by atomic mass is 10.2. The molecule has 1 aromatic carbocycles. The number of hydrogen-bond donors (Lipinski definition) is 2. The molecule has 0 saturated heterocycles. The monoisotopic (exact) mass is 284 g/mol. The molecule has 0 radical (unpaired) electrons. The van der Waals surface area contributed by atoms with E-state index < -0.39 is 0 Å². The summed E-state index contributed by atoms with van der Waals surface area (Å²) in [5.41, 5.74) is 1.55. The Morgan fingerprint density at radius 3 is 2.95 bits per heavy atom. The summed E-state index contributed by atoms with van der Waals surface area (Å²) in [7, 11) is 0. The van der Waals surface area contributed by atoms with Crippen LogP contribution in [0.15, 0.2) is 52.5 Å². The van der Waals surface area contributed by atoms with Crippen LogP contribution >= 0.6 is 11.8 Å². The van der Waals surface area contributed by atoms with Crippen molar-refractivity contribution in [3.8, 4) is 0 Å². The molecule has 100 valence electrons. The second-order valence-electron chi connectivity index (χ2n) is 4.18. The van der Waals surface area contributed by atoms with Crippen LogP contribution < -0.4 is 10.9 Å². The summed E-state index contributed by atoms with van der Waals surface area (Å²) in [5.74, 6) is 0.509. The van der Waals surface area contributed by atoms with E-state index in [1.807, 2.05) is 36.6 Å². The van der Waals surface area contributed by atoms with Gasteiger partial charge in [-0.15, -0.1) is 0 Å². The SMILES string of the molecule is CSc1nc(Nc2cnc3ccccc3c2)cc(=O)[nH]1. The molecule has 6 heteroatoms. The first-order valence-electron chi connectivity index (χ1n) is 6.02. The molecule has 0 aliphatic heterocycles. The van der Waals surface area contributed by atoms with Crippen molar-refractivity contribution in [3.05, 3.63) is 52.9 Å². The Labute approximate surface area is 119 Å². The number of fused-ring (bicyclic) bond motifs is 1. The topological polar surface area (TPSA) is 70.7 Å². The highest BCUT2D eigenvalue weighted by molar-refractivity contribution is 7.98. The Morgan fingerprint density at radius 2 is 2.10 bits per heavy atom. The van der Waals surface area contributed by atoms with Crippen LogP contribution in [0.1, 0.15) is 0 Å². The van der Waals surface area contributed by atoms with Gasteiger partial charge < -0.3 is 10.3 Å². The molecule has 2 N–H and O–H groups in total. The number of hydrogen-bond acceptors (Lipinski definition) is 5. The average Bonchev–Trinajstić information content (AvgIpc) is 2.46. The predicted octanol–water partition coefficient (Wildman–Crippen LogP) is 2.78. The second kappa shape index (κ2) is 5.34. The van der Waals surface area contributed by atoms with Gasteiger partial charge in [-0.25, -0.2) is 4.98 Å². The van der Waals surface area contributed by atoms with E-state index in [9.17, 15) is 4.79 Å². The van der Waals surface area contributed by atoms with E-state index in [2.05, 4.69) is 20.3 Å². The first-order chi connectivity index (χ1) is 9.74. The molecule has 0 atom stereocenters. The molecule has 3 rings (SSSR count). The zero-order valence-corrected chi connectivity index (χ0v) is 11.6. The third-order valence-electron chi connectivity index (χ3n) is 2.78. The van der Waals surface area contributed by atoms with Gasteiger partial charge in [-0.05, 0) is 18.4 Å². The normalized spacial score (nSPS) is 10.7. The molecule has 0 saturated carbocycles. The highest BCUT2D eigenvalue weighted by Crippen LogP contribution is 2.19. The zero-order valence-electron chi connectivity index (χ0n) is 10.8. The van der Waals surface area contributed by atoms with Crippen molar-refractivity contribution in [2.24, 2.45) is 0 Å². The Balaban J connectivity index is 1.96. The fourth-order valence-electron chi connectivity index (χ4n) is 1.88. The van der Waals surface area contributed by atoms with Gasteiger partial charge in [0.2, 0.25) is 0 Å². The van der Waals surface area contributed by atoms with Crippen molar-refractivity contribution in [1.82, 2.24) is 15.0 Å². The Morgan fingerprint density at radius 1 is 1.25 bits per heavy atom. The van der Waals surface area contributed by atoms with Gasteiger partial charge in [-0.2, -0.15) is 0 Å². The molecule has 3 aromatic rings. The van der Waals surface area contributed by atoms with Gasteiger partial charge in [0.1, 0.15) is 5.82 Å². The number of pyridine rings is 1. The van der Waals surface area contributed by atoms with Gasteiger partial charge >= 0.3 is 0 Å². The number of nitrogens with zero attached hydrogens (tertiary/aromatic N) is 2. The van der Waals surface area contributed by atoms with Crippen LogP contribution in [-0.2, 0) is 0 Å². The minimum atomic E-state index is -0.180. The van der Waals surface area contributed by atoms with Gasteiger partial charge in [0.05, 0.1) is 17.4 Å². The van der Waals surface area contributed by atoms with E-state index in [4.69, 9.17) is 0 Å². The molecule has 0 fully saturated rings. The first kappa shape index (κ1) is 12.7. The van der Waals surface area contributed by atoms with Crippen LogP contribution in [0, 0.1) is 0 Å². The Hall–Kier alpha value is -2.34. The standard InChI is InChI=1S/C14H12N4OS/c1-20-14-17-12(7-13(19)18-14)16-10-6-9-4-2-3-5-11(9)15-8-10/h2-8H,1H3,(H2,16,17,18,19). The summed E-state index contributed by atoms with van der Waals surface area (Å²) in [4.78, 5) is 22.8.